The van der Waals surface area contributed by atoms with Gasteiger partial charge in [0.15, 0.2) is 9.84 Å². The van der Waals surface area contributed by atoms with E-state index in [2.05, 4.69) is 4.99 Å². The minimum Gasteiger partial charge on any atom is -0.381 e. The Labute approximate surface area is 168 Å². The molecule has 0 aliphatic carbocycles. The van der Waals surface area contributed by atoms with E-state index in [4.69, 9.17) is 4.74 Å². The fourth-order valence-corrected chi connectivity index (χ4v) is 5.68. The van der Waals surface area contributed by atoms with Crippen molar-refractivity contribution in [2.24, 2.45) is 4.99 Å². The molecule has 3 heterocycles. The van der Waals surface area contributed by atoms with E-state index in [0.29, 0.717) is 30.0 Å². The van der Waals surface area contributed by atoms with Gasteiger partial charge >= 0.3 is 0 Å². The first-order chi connectivity index (χ1) is 13.9. The lowest BCUT2D eigenvalue weighted by molar-refractivity contribution is 0.0837. The fraction of sp³-hybridized carbons (Fsp3) is 0.318. The Kier molecular flexibility index (Phi) is 4.33. The second-order valence-corrected chi connectivity index (χ2v) is 9.68. The second-order valence-electron chi connectivity index (χ2n) is 7.72. The zero-order valence-corrected chi connectivity index (χ0v) is 16.9. The van der Waals surface area contributed by atoms with E-state index in [9.17, 15) is 12.8 Å². The SMILES string of the molecule is CS(=O)(=O)c1c(C2CCOCC2)n(-c2ccc(F)cc2)c2cc3c(cc12)CN=C3. The number of benzene rings is 2. The first-order valence-corrected chi connectivity index (χ1v) is 11.6. The molecule has 2 aromatic carbocycles. The predicted octanol–water partition coefficient (Wildman–Crippen LogP) is 4.00. The molecule has 7 heteroatoms. The van der Waals surface area contributed by atoms with Crippen LogP contribution in [0.4, 0.5) is 4.39 Å². The van der Waals surface area contributed by atoms with Crippen molar-refractivity contribution in [2.75, 3.05) is 19.5 Å². The van der Waals surface area contributed by atoms with E-state index < -0.39 is 9.84 Å². The zero-order chi connectivity index (χ0) is 20.2. The molecule has 1 aromatic heterocycles. The monoisotopic (exact) mass is 412 g/mol. The minimum atomic E-state index is -3.50. The maximum atomic E-state index is 13.6. The molecule has 0 saturated carbocycles. The summed E-state index contributed by atoms with van der Waals surface area (Å²) in [5, 5.41) is 0.711. The van der Waals surface area contributed by atoms with Crippen LogP contribution in [0.25, 0.3) is 16.6 Å². The Balaban J connectivity index is 1.91. The highest BCUT2D eigenvalue weighted by molar-refractivity contribution is 7.91. The lowest BCUT2D eigenvalue weighted by Crippen LogP contribution is -2.19. The van der Waals surface area contributed by atoms with Crippen LogP contribution >= 0.6 is 0 Å². The molecule has 150 valence electrons. The van der Waals surface area contributed by atoms with Gasteiger partial charge in [-0.3, -0.25) is 4.99 Å². The molecule has 1 saturated heterocycles. The summed E-state index contributed by atoms with van der Waals surface area (Å²) in [7, 11) is -3.50. The average Bonchev–Trinajstić information content (AvgIpc) is 3.29. The standard InChI is InChI=1S/C22H21FN2O3S/c1-29(26,27)22-19-10-15-12-24-13-16(15)11-20(19)25(18-4-2-17(23)3-5-18)21(22)14-6-8-28-9-7-14/h2-5,10-11,13-14H,6-9,12H2,1H3. The summed E-state index contributed by atoms with van der Waals surface area (Å²) in [4.78, 5) is 4.70. The molecule has 0 spiro atoms. The van der Waals surface area contributed by atoms with Crippen molar-refractivity contribution < 1.29 is 17.5 Å². The summed E-state index contributed by atoms with van der Waals surface area (Å²) in [5.41, 5.74) is 4.36. The highest BCUT2D eigenvalue weighted by Crippen LogP contribution is 2.41. The van der Waals surface area contributed by atoms with Crippen LogP contribution in [0.3, 0.4) is 0 Å². The molecule has 0 N–H and O–H groups in total. The van der Waals surface area contributed by atoms with E-state index in [1.54, 1.807) is 12.1 Å². The molecular weight excluding hydrogens is 391 g/mol. The van der Waals surface area contributed by atoms with Crippen LogP contribution in [0.1, 0.15) is 35.6 Å². The van der Waals surface area contributed by atoms with E-state index in [-0.39, 0.29) is 11.7 Å². The molecule has 2 aliphatic rings. The van der Waals surface area contributed by atoms with Crippen molar-refractivity contribution >= 4 is 27.0 Å². The summed E-state index contributed by atoms with van der Waals surface area (Å²) < 4.78 is 47.1. The summed E-state index contributed by atoms with van der Waals surface area (Å²) in [6, 6.07) is 10.2. The minimum absolute atomic E-state index is 0.0504. The number of hydrogen-bond donors (Lipinski definition) is 0. The largest absolute Gasteiger partial charge is 0.381 e. The maximum absolute atomic E-state index is 13.6. The highest BCUT2D eigenvalue weighted by Gasteiger charge is 2.32. The van der Waals surface area contributed by atoms with Gasteiger partial charge in [-0.05, 0) is 60.4 Å². The van der Waals surface area contributed by atoms with E-state index in [1.165, 1.54) is 18.4 Å². The fourth-order valence-electron chi connectivity index (χ4n) is 4.48. The van der Waals surface area contributed by atoms with Gasteiger partial charge < -0.3 is 9.30 Å². The second kappa shape index (κ2) is 6.78. The lowest BCUT2D eigenvalue weighted by Gasteiger charge is -2.25. The molecule has 0 bridgehead atoms. The Hall–Kier alpha value is -2.51. The third-order valence-corrected chi connectivity index (χ3v) is 6.94. The Bertz CT molecular complexity index is 1240. The number of aromatic nitrogens is 1. The third kappa shape index (κ3) is 3.09. The van der Waals surface area contributed by atoms with Gasteiger partial charge in [0.05, 0.1) is 17.0 Å². The average molecular weight is 412 g/mol. The van der Waals surface area contributed by atoms with Crippen molar-refractivity contribution in [3.05, 3.63) is 59.0 Å². The smallest absolute Gasteiger partial charge is 0.177 e. The quantitative estimate of drug-likeness (QED) is 0.653. The van der Waals surface area contributed by atoms with Crippen LogP contribution < -0.4 is 0 Å². The van der Waals surface area contributed by atoms with Gasteiger partial charge in [-0.2, -0.15) is 0 Å². The van der Waals surface area contributed by atoms with Crippen LogP contribution in [0.15, 0.2) is 46.3 Å². The van der Waals surface area contributed by atoms with Gasteiger partial charge in [-0.25, -0.2) is 12.8 Å². The predicted molar refractivity (Wildman–Crippen MR) is 110 cm³/mol. The van der Waals surface area contributed by atoms with E-state index in [0.717, 1.165) is 40.9 Å². The number of hydrogen-bond acceptors (Lipinski definition) is 4. The Morgan fingerprint density at radius 3 is 2.55 bits per heavy atom. The molecule has 2 aliphatic heterocycles. The van der Waals surface area contributed by atoms with Gasteiger partial charge in [-0.15, -0.1) is 0 Å². The van der Waals surface area contributed by atoms with Gasteiger partial charge in [0.25, 0.3) is 0 Å². The summed E-state index contributed by atoms with van der Waals surface area (Å²) in [6.07, 6.45) is 4.59. The van der Waals surface area contributed by atoms with Crippen molar-refractivity contribution in [2.45, 2.75) is 30.2 Å². The third-order valence-electron chi connectivity index (χ3n) is 5.77. The molecule has 0 atom stereocenters. The van der Waals surface area contributed by atoms with Gasteiger partial charge in [-0.1, -0.05) is 0 Å². The molecule has 0 amide bonds. The van der Waals surface area contributed by atoms with Crippen molar-refractivity contribution in [1.82, 2.24) is 4.57 Å². The number of aliphatic imine (C=N–C) groups is 1. The molecule has 0 radical (unpaired) electrons. The first kappa shape index (κ1) is 18.5. The van der Waals surface area contributed by atoms with E-state index in [1.807, 2.05) is 22.9 Å². The summed E-state index contributed by atoms with van der Waals surface area (Å²) in [6.45, 7) is 1.76. The Morgan fingerprint density at radius 2 is 1.86 bits per heavy atom. The lowest BCUT2D eigenvalue weighted by atomic mass is 9.96. The number of ether oxygens (including phenoxy) is 1. The van der Waals surface area contributed by atoms with Gasteiger partial charge in [0.1, 0.15) is 5.82 Å². The number of fused-ring (bicyclic) bond motifs is 2. The van der Waals surface area contributed by atoms with Crippen LogP contribution in [0.5, 0.6) is 0 Å². The zero-order valence-electron chi connectivity index (χ0n) is 16.1. The van der Waals surface area contributed by atoms with Crippen LogP contribution in [0.2, 0.25) is 0 Å². The Morgan fingerprint density at radius 1 is 1.14 bits per heavy atom. The summed E-state index contributed by atoms with van der Waals surface area (Å²) in [5.74, 6) is -0.274. The molecule has 1 fully saturated rings. The molecule has 3 aromatic rings. The summed E-state index contributed by atoms with van der Waals surface area (Å²) >= 11 is 0. The number of rotatable bonds is 3. The van der Waals surface area contributed by atoms with Crippen molar-refractivity contribution in [3.63, 3.8) is 0 Å². The molecule has 0 unspecified atom stereocenters. The molecule has 29 heavy (non-hydrogen) atoms. The van der Waals surface area contributed by atoms with Gasteiger partial charge in [0, 0.05) is 48.4 Å². The van der Waals surface area contributed by atoms with E-state index >= 15 is 0 Å². The molecule has 5 rings (SSSR count). The highest BCUT2D eigenvalue weighted by atomic mass is 32.2. The number of sulfone groups is 1. The number of halogens is 1. The van der Waals surface area contributed by atoms with Crippen molar-refractivity contribution in [1.29, 1.82) is 0 Å². The van der Waals surface area contributed by atoms with Crippen LogP contribution in [-0.2, 0) is 21.1 Å². The maximum Gasteiger partial charge on any atom is 0.177 e. The topological polar surface area (TPSA) is 60.7 Å². The van der Waals surface area contributed by atoms with Crippen LogP contribution in [0, 0.1) is 5.82 Å². The van der Waals surface area contributed by atoms with Crippen molar-refractivity contribution in [3.8, 4) is 5.69 Å². The number of nitrogens with zero attached hydrogens (tertiary/aromatic N) is 2. The molecule has 5 nitrogen and oxygen atoms in total. The normalized spacial score (nSPS) is 17.2. The molecular formula is C22H21FN2O3S. The first-order valence-electron chi connectivity index (χ1n) is 9.68. The van der Waals surface area contributed by atoms with Crippen LogP contribution in [-0.4, -0.2) is 38.7 Å². The van der Waals surface area contributed by atoms with Gasteiger partial charge in [0.2, 0.25) is 0 Å².